The summed E-state index contributed by atoms with van der Waals surface area (Å²) in [5.41, 5.74) is 5.02. The van der Waals surface area contributed by atoms with Crippen LogP contribution in [0.15, 0.2) is 0 Å². The molecule has 0 saturated carbocycles. The Morgan fingerprint density at radius 1 is 1.50 bits per heavy atom. The van der Waals surface area contributed by atoms with Crippen molar-refractivity contribution in [2.24, 2.45) is 11.7 Å². The summed E-state index contributed by atoms with van der Waals surface area (Å²) in [6, 6.07) is 0. The molecule has 4 heteroatoms. The Morgan fingerprint density at radius 2 is 2.08 bits per heavy atom. The minimum atomic E-state index is -0.963. The lowest BCUT2D eigenvalue weighted by Crippen LogP contribution is -2.25. The highest BCUT2D eigenvalue weighted by atomic mass is 16.4. The molecule has 70 valence electrons. The van der Waals surface area contributed by atoms with E-state index >= 15 is 0 Å². The van der Waals surface area contributed by atoms with Crippen LogP contribution in [-0.2, 0) is 9.59 Å². The second-order valence-corrected chi connectivity index (χ2v) is 2.84. The number of primary amides is 1. The summed E-state index contributed by atoms with van der Waals surface area (Å²) in [4.78, 5) is 21.0. The van der Waals surface area contributed by atoms with E-state index in [0.717, 1.165) is 12.8 Å². The standard InChI is InChI=1S/C8H15NO3/c1-2-3-4-6(8(9)12)5-7(10)11/h6H,2-5H2,1H3,(H2,9,12)(H,10,11)/t6-/m1/s1. The van der Waals surface area contributed by atoms with Crippen molar-refractivity contribution in [3.63, 3.8) is 0 Å². The third kappa shape index (κ3) is 4.71. The molecule has 0 aromatic rings. The van der Waals surface area contributed by atoms with Crippen LogP contribution in [0.4, 0.5) is 0 Å². The lowest BCUT2D eigenvalue weighted by atomic mass is 9.98. The molecule has 0 bridgehead atoms. The molecule has 1 amide bonds. The van der Waals surface area contributed by atoms with E-state index in [-0.39, 0.29) is 6.42 Å². The molecule has 0 unspecified atom stereocenters. The summed E-state index contributed by atoms with van der Waals surface area (Å²) in [6.45, 7) is 1.98. The fraction of sp³-hybridized carbons (Fsp3) is 0.750. The normalized spacial score (nSPS) is 12.4. The van der Waals surface area contributed by atoms with Crippen molar-refractivity contribution >= 4 is 11.9 Å². The van der Waals surface area contributed by atoms with Gasteiger partial charge in [-0.15, -0.1) is 0 Å². The first-order valence-electron chi connectivity index (χ1n) is 4.09. The summed E-state index contributed by atoms with van der Waals surface area (Å²) in [6.07, 6.45) is 2.23. The number of carbonyl (C=O) groups is 2. The zero-order valence-corrected chi connectivity index (χ0v) is 7.25. The Hall–Kier alpha value is -1.06. The van der Waals surface area contributed by atoms with Gasteiger partial charge in [-0.3, -0.25) is 9.59 Å². The Kier molecular flexibility index (Phi) is 5.08. The lowest BCUT2D eigenvalue weighted by Gasteiger charge is -2.08. The molecule has 0 rings (SSSR count). The zero-order valence-electron chi connectivity index (χ0n) is 7.25. The number of aliphatic carboxylic acids is 1. The maximum atomic E-state index is 10.7. The van der Waals surface area contributed by atoms with Crippen LogP contribution in [0.1, 0.15) is 32.6 Å². The van der Waals surface area contributed by atoms with E-state index in [2.05, 4.69) is 0 Å². The molecule has 0 heterocycles. The van der Waals surface area contributed by atoms with Crippen molar-refractivity contribution in [2.75, 3.05) is 0 Å². The van der Waals surface area contributed by atoms with Crippen LogP contribution in [0, 0.1) is 5.92 Å². The van der Waals surface area contributed by atoms with E-state index < -0.39 is 17.8 Å². The predicted molar refractivity (Wildman–Crippen MR) is 44.5 cm³/mol. The molecule has 12 heavy (non-hydrogen) atoms. The third-order valence-electron chi connectivity index (χ3n) is 1.73. The van der Waals surface area contributed by atoms with Gasteiger partial charge in [-0.25, -0.2) is 0 Å². The lowest BCUT2D eigenvalue weighted by molar-refractivity contribution is -0.140. The summed E-state index contributed by atoms with van der Waals surface area (Å²) in [5.74, 6) is -1.97. The van der Waals surface area contributed by atoms with Crippen molar-refractivity contribution in [1.29, 1.82) is 0 Å². The van der Waals surface area contributed by atoms with Crippen LogP contribution in [-0.4, -0.2) is 17.0 Å². The average molecular weight is 173 g/mol. The van der Waals surface area contributed by atoms with Crippen LogP contribution in [0.25, 0.3) is 0 Å². The van der Waals surface area contributed by atoms with Crippen LogP contribution >= 0.6 is 0 Å². The van der Waals surface area contributed by atoms with Gasteiger partial charge in [0.15, 0.2) is 0 Å². The maximum absolute atomic E-state index is 10.7. The highest BCUT2D eigenvalue weighted by molar-refractivity contribution is 5.81. The van der Waals surface area contributed by atoms with E-state index in [1.165, 1.54) is 0 Å². The minimum Gasteiger partial charge on any atom is -0.481 e. The van der Waals surface area contributed by atoms with Crippen molar-refractivity contribution in [3.05, 3.63) is 0 Å². The smallest absolute Gasteiger partial charge is 0.304 e. The molecule has 0 fully saturated rings. The number of hydrogen-bond donors (Lipinski definition) is 2. The number of carboxylic acids is 1. The number of carbonyl (C=O) groups excluding carboxylic acids is 1. The van der Waals surface area contributed by atoms with Crippen LogP contribution < -0.4 is 5.73 Å². The van der Waals surface area contributed by atoms with Gasteiger partial charge < -0.3 is 10.8 Å². The molecule has 0 aromatic heterocycles. The Bertz CT molecular complexity index is 168. The highest BCUT2D eigenvalue weighted by Gasteiger charge is 2.17. The maximum Gasteiger partial charge on any atom is 0.304 e. The molecule has 1 atom stereocenters. The van der Waals surface area contributed by atoms with Gasteiger partial charge in [0.05, 0.1) is 6.42 Å². The molecule has 0 aliphatic rings. The Labute approximate surface area is 71.8 Å². The monoisotopic (exact) mass is 173 g/mol. The van der Waals surface area contributed by atoms with E-state index in [4.69, 9.17) is 10.8 Å². The van der Waals surface area contributed by atoms with E-state index in [9.17, 15) is 9.59 Å². The van der Waals surface area contributed by atoms with Gasteiger partial charge in [-0.2, -0.15) is 0 Å². The summed E-state index contributed by atoms with van der Waals surface area (Å²) >= 11 is 0. The largest absolute Gasteiger partial charge is 0.481 e. The Morgan fingerprint density at radius 3 is 2.42 bits per heavy atom. The number of rotatable bonds is 6. The number of nitrogens with two attached hydrogens (primary N) is 1. The summed E-state index contributed by atoms with van der Waals surface area (Å²) in [7, 11) is 0. The second-order valence-electron chi connectivity index (χ2n) is 2.84. The SMILES string of the molecule is CCCC[C@H](CC(=O)O)C(N)=O. The summed E-state index contributed by atoms with van der Waals surface area (Å²) < 4.78 is 0. The number of unbranched alkanes of at least 4 members (excludes halogenated alkanes) is 1. The molecule has 0 spiro atoms. The molecule has 0 aliphatic carbocycles. The fourth-order valence-corrected chi connectivity index (χ4v) is 1.01. The van der Waals surface area contributed by atoms with Gasteiger partial charge in [0, 0.05) is 5.92 Å². The van der Waals surface area contributed by atoms with Crippen LogP contribution in [0.3, 0.4) is 0 Å². The number of amides is 1. The van der Waals surface area contributed by atoms with Crippen molar-refractivity contribution in [1.82, 2.24) is 0 Å². The number of carboxylic acid groups (broad SMARTS) is 1. The van der Waals surface area contributed by atoms with E-state index in [0.29, 0.717) is 6.42 Å². The van der Waals surface area contributed by atoms with Gasteiger partial charge in [0.25, 0.3) is 0 Å². The van der Waals surface area contributed by atoms with Crippen LogP contribution in [0.2, 0.25) is 0 Å². The van der Waals surface area contributed by atoms with Gasteiger partial charge in [-0.05, 0) is 6.42 Å². The molecule has 4 nitrogen and oxygen atoms in total. The predicted octanol–water partition coefficient (Wildman–Crippen LogP) is 0.753. The third-order valence-corrected chi connectivity index (χ3v) is 1.73. The van der Waals surface area contributed by atoms with Gasteiger partial charge >= 0.3 is 5.97 Å². The second kappa shape index (κ2) is 5.57. The van der Waals surface area contributed by atoms with Crippen molar-refractivity contribution in [2.45, 2.75) is 32.6 Å². The first kappa shape index (κ1) is 10.9. The first-order chi connectivity index (χ1) is 5.57. The van der Waals surface area contributed by atoms with Crippen molar-refractivity contribution in [3.8, 4) is 0 Å². The molecule has 3 N–H and O–H groups in total. The molecule has 0 aliphatic heterocycles. The van der Waals surface area contributed by atoms with Gasteiger partial charge in [0.2, 0.25) is 5.91 Å². The fourth-order valence-electron chi connectivity index (χ4n) is 1.01. The average Bonchev–Trinajstić information content (AvgIpc) is 1.96. The molecule has 0 saturated heterocycles. The molecule has 0 aromatic carbocycles. The zero-order chi connectivity index (χ0) is 9.56. The highest BCUT2D eigenvalue weighted by Crippen LogP contribution is 2.11. The van der Waals surface area contributed by atoms with Crippen LogP contribution in [0.5, 0.6) is 0 Å². The summed E-state index contributed by atoms with van der Waals surface area (Å²) in [5, 5.41) is 8.42. The topological polar surface area (TPSA) is 80.4 Å². The minimum absolute atomic E-state index is 0.144. The first-order valence-corrected chi connectivity index (χ1v) is 4.09. The van der Waals surface area contributed by atoms with Crippen molar-refractivity contribution < 1.29 is 14.7 Å². The number of hydrogen-bond acceptors (Lipinski definition) is 2. The molecular weight excluding hydrogens is 158 g/mol. The quantitative estimate of drug-likeness (QED) is 0.622. The van der Waals surface area contributed by atoms with Gasteiger partial charge in [-0.1, -0.05) is 19.8 Å². The molecular formula is C8H15NO3. The van der Waals surface area contributed by atoms with E-state index in [1.54, 1.807) is 0 Å². The molecule has 0 radical (unpaired) electrons. The van der Waals surface area contributed by atoms with Gasteiger partial charge in [0.1, 0.15) is 0 Å². The van der Waals surface area contributed by atoms with E-state index in [1.807, 2.05) is 6.92 Å². The Balaban J connectivity index is 3.87.